The van der Waals surface area contributed by atoms with Crippen molar-refractivity contribution >= 4 is 10.8 Å². The van der Waals surface area contributed by atoms with Gasteiger partial charge in [-0.2, -0.15) is 0 Å². The highest BCUT2D eigenvalue weighted by atomic mass is 14.9. The van der Waals surface area contributed by atoms with Crippen molar-refractivity contribution in [3.8, 4) is 11.1 Å². The molecule has 0 aliphatic heterocycles. The fourth-order valence-electron chi connectivity index (χ4n) is 2.15. The molecule has 1 aromatic carbocycles. The van der Waals surface area contributed by atoms with E-state index in [1.54, 1.807) is 0 Å². The van der Waals surface area contributed by atoms with Gasteiger partial charge >= 0.3 is 0 Å². The minimum absolute atomic E-state index is 1.20. The van der Waals surface area contributed by atoms with Crippen molar-refractivity contribution in [2.24, 2.45) is 7.05 Å². The van der Waals surface area contributed by atoms with Crippen LogP contribution in [0.2, 0.25) is 0 Å². The molecule has 2 heteroatoms. The maximum atomic E-state index is 4.07. The molecule has 3 aromatic rings. The molecule has 0 unspecified atom stereocenters. The molecule has 0 spiro atoms. The number of pyridine rings is 2. The number of hydrogen-bond acceptors (Lipinski definition) is 1. The molecule has 0 N–H and O–H groups in total. The summed E-state index contributed by atoms with van der Waals surface area (Å²) in [5, 5.41) is 2.53. The number of aryl methyl sites for hydroxylation is 1. The maximum Gasteiger partial charge on any atom is 0.177 e. The highest BCUT2D eigenvalue weighted by Gasteiger charge is 2.08. The Bertz CT molecular complexity index is 675. The molecule has 0 saturated carbocycles. The van der Waals surface area contributed by atoms with Crippen LogP contribution in [0.25, 0.3) is 21.9 Å². The standard InChI is InChI=1S/C15H13N2.C3H8/c1-17-10-13-4-2-3-5-14(13)15(11-17)12-6-8-16-9-7-12;1-3-2/h2-11H,1H3;3H2,1-2H3/q+1;. The number of aromatic nitrogens is 2. The zero-order chi connectivity index (χ0) is 14.4. The Labute approximate surface area is 120 Å². The molecule has 0 aliphatic carbocycles. The predicted octanol–water partition coefficient (Wildman–Crippen LogP) is 4.14. The fourth-order valence-corrected chi connectivity index (χ4v) is 2.15. The quantitative estimate of drug-likeness (QED) is 0.604. The lowest BCUT2D eigenvalue weighted by Gasteiger charge is -2.04. The van der Waals surface area contributed by atoms with Gasteiger partial charge in [0.25, 0.3) is 0 Å². The van der Waals surface area contributed by atoms with E-state index in [1.807, 2.05) is 24.5 Å². The lowest BCUT2D eigenvalue weighted by molar-refractivity contribution is -0.669. The second-order valence-corrected chi connectivity index (χ2v) is 4.87. The number of nitrogens with zero attached hydrogens (tertiary/aromatic N) is 2. The Balaban J connectivity index is 0.000000452. The van der Waals surface area contributed by atoms with Crippen molar-refractivity contribution in [3.63, 3.8) is 0 Å². The van der Waals surface area contributed by atoms with E-state index in [4.69, 9.17) is 0 Å². The van der Waals surface area contributed by atoms with Gasteiger partial charge in [-0.15, -0.1) is 0 Å². The summed E-state index contributed by atoms with van der Waals surface area (Å²) in [7, 11) is 2.05. The molecule has 2 heterocycles. The highest BCUT2D eigenvalue weighted by molar-refractivity contribution is 5.94. The van der Waals surface area contributed by atoms with Crippen LogP contribution in [-0.4, -0.2) is 4.98 Å². The van der Waals surface area contributed by atoms with E-state index >= 15 is 0 Å². The number of fused-ring (bicyclic) bond motifs is 1. The maximum absolute atomic E-state index is 4.07. The minimum atomic E-state index is 1.20. The summed E-state index contributed by atoms with van der Waals surface area (Å²) in [6.45, 7) is 4.25. The molecule has 2 aromatic heterocycles. The summed E-state index contributed by atoms with van der Waals surface area (Å²) < 4.78 is 2.10. The van der Waals surface area contributed by atoms with Crippen LogP contribution in [-0.2, 0) is 7.05 Å². The zero-order valence-corrected chi connectivity index (χ0v) is 12.4. The fraction of sp³-hybridized carbons (Fsp3) is 0.222. The van der Waals surface area contributed by atoms with Crippen LogP contribution < -0.4 is 4.57 Å². The molecule has 3 rings (SSSR count). The third kappa shape index (κ3) is 3.21. The van der Waals surface area contributed by atoms with Crippen LogP contribution in [0.4, 0.5) is 0 Å². The molecule has 0 amide bonds. The summed E-state index contributed by atoms with van der Waals surface area (Å²) in [6, 6.07) is 12.5. The Morgan fingerprint density at radius 1 is 0.950 bits per heavy atom. The Kier molecular flexibility index (Phi) is 4.83. The first-order chi connectivity index (χ1) is 9.76. The van der Waals surface area contributed by atoms with E-state index < -0.39 is 0 Å². The summed E-state index contributed by atoms with van der Waals surface area (Å²) in [5.41, 5.74) is 2.44. The van der Waals surface area contributed by atoms with Crippen LogP contribution >= 0.6 is 0 Å². The average molecular weight is 265 g/mol. The van der Waals surface area contributed by atoms with E-state index in [1.165, 1.54) is 28.3 Å². The van der Waals surface area contributed by atoms with Crippen molar-refractivity contribution in [2.45, 2.75) is 20.3 Å². The molecule has 102 valence electrons. The Hall–Kier alpha value is -2.22. The van der Waals surface area contributed by atoms with Gasteiger partial charge in [0, 0.05) is 23.2 Å². The van der Waals surface area contributed by atoms with Gasteiger partial charge in [0.2, 0.25) is 0 Å². The molecule has 2 nitrogen and oxygen atoms in total. The second-order valence-electron chi connectivity index (χ2n) is 4.87. The largest absolute Gasteiger partial charge is 0.265 e. The Morgan fingerprint density at radius 3 is 2.30 bits per heavy atom. The molecule has 0 fully saturated rings. The van der Waals surface area contributed by atoms with Crippen LogP contribution in [0.15, 0.2) is 61.2 Å². The van der Waals surface area contributed by atoms with E-state index in [2.05, 4.69) is 67.1 Å². The average Bonchev–Trinajstić information content (AvgIpc) is 2.48. The van der Waals surface area contributed by atoms with Gasteiger partial charge in [-0.3, -0.25) is 4.98 Å². The smallest absolute Gasteiger partial charge is 0.177 e. The van der Waals surface area contributed by atoms with Crippen molar-refractivity contribution in [2.75, 3.05) is 0 Å². The first kappa shape index (κ1) is 14.2. The third-order valence-corrected chi connectivity index (χ3v) is 2.92. The van der Waals surface area contributed by atoms with Crippen LogP contribution in [0, 0.1) is 0 Å². The van der Waals surface area contributed by atoms with Crippen molar-refractivity contribution in [1.82, 2.24) is 4.98 Å². The van der Waals surface area contributed by atoms with Gasteiger partial charge in [0.05, 0.1) is 5.56 Å². The normalized spacial score (nSPS) is 9.95. The van der Waals surface area contributed by atoms with Gasteiger partial charge < -0.3 is 0 Å². The molecule has 0 saturated heterocycles. The van der Waals surface area contributed by atoms with Gasteiger partial charge in [0.1, 0.15) is 7.05 Å². The first-order valence-electron chi connectivity index (χ1n) is 7.04. The van der Waals surface area contributed by atoms with E-state index in [9.17, 15) is 0 Å². The minimum Gasteiger partial charge on any atom is -0.265 e. The second kappa shape index (κ2) is 6.80. The van der Waals surface area contributed by atoms with Gasteiger partial charge in [0.15, 0.2) is 12.4 Å². The summed E-state index contributed by atoms with van der Waals surface area (Å²) >= 11 is 0. The topological polar surface area (TPSA) is 16.8 Å². The van der Waals surface area contributed by atoms with E-state index in [0.717, 1.165) is 0 Å². The number of hydrogen-bond donors (Lipinski definition) is 0. The highest BCUT2D eigenvalue weighted by Crippen LogP contribution is 2.25. The van der Waals surface area contributed by atoms with Crippen molar-refractivity contribution < 1.29 is 4.57 Å². The number of rotatable bonds is 1. The van der Waals surface area contributed by atoms with Crippen LogP contribution in [0.3, 0.4) is 0 Å². The van der Waals surface area contributed by atoms with E-state index in [-0.39, 0.29) is 0 Å². The summed E-state index contributed by atoms with van der Waals surface area (Å²) in [4.78, 5) is 4.07. The van der Waals surface area contributed by atoms with Gasteiger partial charge in [-0.05, 0) is 23.8 Å². The van der Waals surface area contributed by atoms with Crippen LogP contribution in [0.5, 0.6) is 0 Å². The molecule has 0 atom stereocenters. The lowest BCUT2D eigenvalue weighted by atomic mass is 10.0. The van der Waals surface area contributed by atoms with Crippen molar-refractivity contribution in [1.29, 1.82) is 0 Å². The van der Waals surface area contributed by atoms with Crippen molar-refractivity contribution in [3.05, 3.63) is 61.2 Å². The SMILES string of the molecule is CCC.C[n+]1cc(-c2ccncc2)c2ccccc2c1. The lowest BCUT2D eigenvalue weighted by Crippen LogP contribution is -2.26. The molecule has 0 aliphatic rings. The van der Waals surface area contributed by atoms with Gasteiger partial charge in [-0.1, -0.05) is 38.5 Å². The summed E-state index contributed by atoms with van der Waals surface area (Å²) in [5.74, 6) is 0. The van der Waals surface area contributed by atoms with E-state index in [0.29, 0.717) is 0 Å². The molecule has 20 heavy (non-hydrogen) atoms. The van der Waals surface area contributed by atoms with Crippen LogP contribution in [0.1, 0.15) is 20.3 Å². The first-order valence-corrected chi connectivity index (χ1v) is 7.04. The predicted molar refractivity (Wildman–Crippen MR) is 84.3 cm³/mol. The molecular formula is C18H21N2+. The Morgan fingerprint density at radius 2 is 1.60 bits per heavy atom. The number of benzene rings is 1. The zero-order valence-electron chi connectivity index (χ0n) is 12.4. The molecule has 0 radical (unpaired) electrons. The summed E-state index contributed by atoms with van der Waals surface area (Å²) in [6.07, 6.45) is 9.20. The third-order valence-electron chi connectivity index (χ3n) is 2.92. The molecular weight excluding hydrogens is 244 g/mol. The molecule has 0 bridgehead atoms. The monoisotopic (exact) mass is 265 g/mol. The van der Waals surface area contributed by atoms with Gasteiger partial charge in [-0.25, -0.2) is 4.57 Å².